The highest BCUT2D eigenvalue weighted by Gasteiger charge is 2.17. The number of carbonyl (C=O) groups is 1. The first-order valence-corrected chi connectivity index (χ1v) is 10.5. The number of benzene rings is 2. The van der Waals surface area contributed by atoms with Gasteiger partial charge in [0.15, 0.2) is 11.4 Å². The van der Waals surface area contributed by atoms with Gasteiger partial charge < -0.3 is 9.47 Å². The van der Waals surface area contributed by atoms with Gasteiger partial charge in [-0.1, -0.05) is 45.0 Å². The van der Waals surface area contributed by atoms with Crippen LogP contribution in [-0.4, -0.2) is 34.6 Å². The highest BCUT2D eigenvalue weighted by molar-refractivity contribution is 5.97. The topological polar surface area (TPSA) is 65.7 Å². The molecule has 0 radical (unpaired) electrons. The van der Waals surface area contributed by atoms with Gasteiger partial charge in [-0.25, -0.2) is 9.50 Å². The summed E-state index contributed by atoms with van der Waals surface area (Å²) < 4.78 is 12.6. The smallest absolute Gasteiger partial charge is 0.168 e. The average Bonchev–Trinajstić information content (AvgIpc) is 3.26. The Morgan fingerprint density at radius 3 is 2.38 bits per heavy atom. The standard InChI is InChI=1S/C26H27N3O3/c1-26(2,3)18-8-6-17(7-9-18)23(30)15-19-14-22(29-25(28-19)12-13-27-29)21-11-10-20(31-4)16-24(21)32-5/h6-14,16H,15H2,1-5H3. The van der Waals surface area contributed by atoms with Gasteiger partial charge in [-0.3, -0.25) is 4.79 Å². The van der Waals surface area contributed by atoms with Crippen LogP contribution in [0.4, 0.5) is 0 Å². The number of hydrogen-bond donors (Lipinski definition) is 0. The fourth-order valence-electron chi connectivity index (χ4n) is 3.68. The van der Waals surface area contributed by atoms with Crippen LogP contribution in [-0.2, 0) is 11.8 Å². The van der Waals surface area contributed by atoms with E-state index < -0.39 is 0 Å². The third kappa shape index (κ3) is 4.21. The van der Waals surface area contributed by atoms with Crippen molar-refractivity contribution >= 4 is 11.4 Å². The molecule has 0 bridgehead atoms. The number of hydrogen-bond acceptors (Lipinski definition) is 5. The molecule has 6 nitrogen and oxygen atoms in total. The molecule has 0 fully saturated rings. The minimum Gasteiger partial charge on any atom is -0.497 e. The number of rotatable bonds is 6. The minimum atomic E-state index is 0.0227. The molecular formula is C26H27N3O3. The summed E-state index contributed by atoms with van der Waals surface area (Å²) in [5, 5.41) is 4.41. The zero-order valence-electron chi connectivity index (χ0n) is 19.0. The van der Waals surface area contributed by atoms with Crippen LogP contribution in [0, 0.1) is 0 Å². The van der Waals surface area contributed by atoms with E-state index in [0.29, 0.717) is 28.4 Å². The van der Waals surface area contributed by atoms with Crippen LogP contribution in [0.1, 0.15) is 42.4 Å². The van der Waals surface area contributed by atoms with Crippen molar-refractivity contribution in [2.45, 2.75) is 32.6 Å². The fraction of sp³-hybridized carbons (Fsp3) is 0.269. The maximum absolute atomic E-state index is 13.0. The van der Waals surface area contributed by atoms with Gasteiger partial charge in [0.1, 0.15) is 11.5 Å². The molecule has 0 saturated carbocycles. The van der Waals surface area contributed by atoms with E-state index in [0.717, 1.165) is 11.3 Å². The molecule has 0 aliphatic carbocycles. The highest BCUT2D eigenvalue weighted by Crippen LogP contribution is 2.33. The van der Waals surface area contributed by atoms with E-state index in [4.69, 9.17) is 9.47 Å². The van der Waals surface area contributed by atoms with Crippen molar-refractivity contribution in [3.63, 3.8) is 0 Å². The molecule has 2 aromatic heterocycles. The van der Waals surface area contributed by atoms with Crippen LogP contribution in [0.5, 0.6) is 11.5 Å². The lowest BCUT2D eigenvalue weighted by Gasteiger charge is -2.19. The van der Waals surface area contributed by atoms with Crippen LogP contribution in [0.2, 0.25) is 0 Å². The van der Waals surface area contributed by atoms with E-state index in [1.165, 1.54) is 5.56 Å². The largest absolute Gasteiger partial charge is 0.497 e. The molecule has 0 spiro atoms. The molecule has 6 heteroatoms. The molecule has 32 heavy (non-hydrogen) atoms. The minimum absolute atomic E-state index is 0.0227. The summed E-state index contributed by atoms with van der Waals surface area (Å²) in [6, 6.07) is 17.2. The molecular weight excluding hydrogens is 402 g/mol. The summed E-state index contributed by atoms with van der Waals surface area (Å²) >= 11 is 0. The lowest BCUT2D eigenvalue weighted by Crippen LogP contribution is -2.12. The number of ketones is 1. The monoisotopic (exact) mass is 429 g/mol. The van der Waals surface area contributed by atoms with Crippen molar-refractivity contribution in [1.82, 2.24) is 14.6 Å². The van der Waals surface area contributed by atoms with Crippen molar-refractivity contribution < 1.29 is 14.3 Å². The van der Waals surface area contributed by atoms with Crippen molar-refractivity contribution in [3.8, 4) is 22.8 Å². The molecule has 0 N–H and O–H groups in total. The molecule has 4 aromatic rings. The summed E-state index contributed by atoms with van der Waals surface area (Å²) in [5.41, 5.74) is 4.90. The van der Waals surface area contributed by atoms with Crippen molar-refractivity contribution in [2.24, 2.45) is 0 Å². The predicted octanol–water partition coefficient (Wildman–Crippen LogP) is 5.14. The van der Waals surface area contributed by atoms with E-state index in [1.54, 1.807) is 24.9 Å². The number of carbonyl (C=O) groups excluding carboxylic acids is 1. The average molecular weight is 430 g/mol. The first-order chi connectivity index (χ1) is 15.3. The summed E-state index contributed by atoms with van der Waals surface area (Å²) in [5.74, 6) is 1.38. The van der Waals surface area contributed by atoms with E-state index in [-0.39, 0.29) is 17.6 Å². The second-order valence-electron chi connectivity index (χ2n) is 8.73. The van der Waals surface area contributed by atoms with E-state index in [9.17, 15) is 4.79 Å². The summed E-state index contributed by atoms with van der Waals surface area (Å²) in [6.07, 6.45) is 1.89. The molecule has 0 aliphatic heterocycles. The molecule has 0 unspecified atom stereocenters. The Balaban J connectivity index is 1.70. The lowest BCUT2D eigenvalue weighted by molar-refractivity contribution is 0.0992. The lowest BCUT2D eigenvalue weighted by atomic mass is 9.86. The molecule has 2 aromatic carbocycles. The van der Waals surface area contributed by atoms with Crippen LogP contribution in [0.3, 0.4) is 0 Å². The normalized spacial score (nSPS) is 11.5. The Morgan fingerprint density at radius 1 is 0.969 bits per heavy atom. The van der Waals surface area contributed by atoms with Gasteiger partial charge in [-0.05, 0) is 29.2 Å². The molecule has 2 heterocycles. The molecule has 0 atom stereocenters. The second kappa shape index (κ2) is 8.46. The maximum Gasteiger partial charge on any atom is 0.168 e. The van der Waals surface area contributed by atoms with Gasteiger partial charge in [0.25, 0.3) is 0 Å². The Bertz CT molecular complexity index is 1270. The third-order valence-corrected chi connectivity index (χ3v) is 5.51. The van der Waals surface area contributed by atoms with E-state index in [1.807, 2.05) is 54.6 Å². The van der Waals surface area contributed by atoms with Gasteiger partial charge in [-0.15, -0.1) is 0 Å². The Morgan fingerprint density at radius 2 is 1.72 bits per heavy atom. The zero-order valence-corrected chi connectivity index (χ0v) is 19.0. The number of nitrogens with zero attached hydrogens (tertiary/aromatic N) is 3. The van der Waals surface area contributed by atoms with Gasteiger partial charge in [-0.2, -0.15) is 5.10 Å². The molecule has 164 valence electrons. The van der Waals surface area contributed by atoms with Gasteiger partial charge in [0, 0.05) is 23.3 Å². The zero-order chi connectivity index (χ0) is 22.9. The van der Waals surface area contributed by atoms with E-state index >= 15 is 0 Å². The van der Waals surface area contributed by atoms with Gasteiger partial charge in [0.2, 0.25) is 0 Å². The number of fused-ring (bicyclic) bond motifs is 1. The third-order valence-electron chi connectivity index (χ3n) is 5.51. The number of Topliss-reactive ketones (excluding diaryl/α,β-unsaturated/α-hetero) is 1. The molecule has 0 amide bonds. The predicted molar refractivity (Wildman–Crippen MR) is 125 cm³/mol. The van der Waals surface area contributed by atoms with Crippen LogP contribution in [0.25, 0.3) is 16.9 Å². The fourth-order valence-corrected chi connectivity index (χ4v) is 3.68. The molecule has 4 rings (SSSR count). The maximum atomic E-state index is 13.0. The van der Waals surface area contributed by atoms with Crippen LogP contribution in [0.15, 0.2) is 60.8 Å². The number of aromatic nitrogens is 3. The van der Waals surface area contributed by atoms with Crippen molar-refractivity contribution in [2.75, 3.05) is 14.2 Å². The van der Waals surface area contributed by atoms with E-state index in [2.05, 4.69) is 30.9 Å². The molecule has 0 aliphatic rings. The van der Waals surface area contributed by atoms with Crippen molar-refractivity contribution in [3.05, 3.63) is 77.6 Å². The SMILES string of the molecule is COc1ccc(-c2cc(CC(=O)c3ccc(C(C)(C)C)cc3)nc3ccnn23)c(OC)c1. The summed E-state index contributed by atoms with van der Waals surface area (Å²) in [4.78, 5) is 17.6. The Hall–Kier alpha value is -3.67. The quantitative estimate of drug-likeness (QED) is 0.397. The van der Waals surface area contributed by atoms with Gasteiger partial charge in [0.05, 0.1) is 38.2 Å². The highest BCUT2D eigenvalue weighted by atomic mass is 16.5. The van der Waals surface area contributed by atoms with Crippen LogP contribution < -0.4 is 9.47 Å². The van der Waals surface area contributed by atoms with Gasteiger partial charge >= 0.3 is 0 Å². The van der Waals surface area contributed by atoms with Crippen LogP contribution >= 0.6 is 0 Å². The first kappa shape index (κ1) is 21.6. The summed E-state index contributed by atoms with van der Waals surface area (Å²) in [6.45, 7) is 6.47. The molecule has 0 saturated heterocycles. The summed E-state index contributed by atoms with van der Waals surface area (Å²) in [7, 11) is 3.23. The second-order valence-corrected chi connectivity index (χ2v) is 8.73. The first-order valence-electron chi connectivity index (χ1n) is 10.5. The Kier molecular flexibility index (Phi) is 5.70. The number of methoxy groups -OCH3 is 2. The number of ether oxygens (including phenoxy) is 2. The Labute approximate surface area is 187 Å². The van der Waals surface area contributed by atoms with Crippen molar-refractivity contribution in [1.29, 1.82) is 0 Å².